The summed E-state index contributed by atoms with van der Waals surface area (Å²) in [5.41, 5.74) is 6.21. The smallest absolute Gasteiger partial charge is 0.224 e. The average molecular weight is 280 g/mol. The van der Waals surface area contributed by atoms with Crippen molar-refractivity contribution in [3.8, 4) is 11.5 Å². The highest BCUT2D eigenvalue weighted by molar-refractivity contribution is 5.91. The molecular weight excluding hydrogens is 256 g/mol. The maximum absolute atomic E-state index is 11.8. The molecule has 1 amide bonds. The number of hydrogen-bond donors (Lipinski definition) is 2. The van der Waals surface area contributed by atoms with Crippen LogP contribution in [0.2, 0.25) is 0 Å². The molecule has 1 atom stereocenters. The lowest BCUT2D eigenvalue weighted by Crippen LogP contribution is -2.20. The molecule has 0 spiro atoms. The number of nitrogens with one attached hydrogen (secondary N) is 1. The summed E-state index contributed by atoms with van der Waals surface area (Å²) in [4.78, 5) is 11.8. The van der Waals surface area contributed by atoms with Crippen LogP contribution in [0.1, 0.15) is 27.2 Å². The van der Waals surface area contributed by atoms with Crippen molar-refractivity contribution < 1.29 is 14.3 Å². The second-order valence-corrected chi connectivity index (χ2v) is 4.62. The predicted octanol–water partition coefficient (Wildman–Crippen LogP) is 2.41. The van der Waals surface area contributed by atoms with E-state index < -0.39 is 0 Å². The Bertz CT molecular complexity index is 435. The Balaban J connectivity index is 2.75. The van der Waals surface area contributed by atoms with Crippen LogP contribution in [-0.4, -0.2) is 25.7 Å². The molecule has 5 nitrogen and oxygen atoms in total. The van der Waals surface area contributed by atoms with Gasteiger partial charge in [-0.25, -0.2) is 0 Å². The van der Waals surface area contributed by atoms with Gasteiger partial charge in [-0.3, -0.25) is 4.79 Å². The number of rotatable bonds is 8. The number of carbonyl (C=O) groups excluding carboxylic acids is 1. The Hall–Kier alpha value is -1.75. The fourth-order valence-electron chi connectivity index (χ4n) is 1.74. The second-order valence-electron chi connectivity index (χ2n) is 4.62. The summed E-state index contributed by atoms with van der Waals surface area (Å²) in [7, 11) is 0. The highest BCUT2D eigenvalue weighted by Gasteiger charge is 2.10. The van der Waals surface area contributed by atoms with Crippen molar-refractivity contribution in [1.29, 1.82) is 0 Å². The third-order valence-electron chi connectivity index (χ3n) is 2.76. The topological polar surface area (TPSA) is 73.6 Å². The molecule has 0 aliphatic rings. The number of anilines is 1. The number of nitrogens with two attached hydrogens (primary N) is 1. The van der Waals surface area contributed by atoms with E-state index in [1.807, 2.05) is 20.8 Å². The average Bonchev–Trinajstić information content (AvgIpc) is 2.42. The van der Waals surface area contributed by atoms with Crippen molar-refractivity contribution in [2.24, 2.45) is 11.7 Å². The van der Waals surface area contributed by atoms with Gasteiger partial charge in [0.15, 0.2) is 11.5 Å². The van der Waals surface area contributed by atoms with Gasteiger partial charge in [0.1, 0.15) is 0 Å². The van der Waals surface area contributed by atoms with E-state index in [4.69, 9.17) is 15.2 Å². The van der Waals surface area contributed by atoms with Gasteiger partial charge >= 0.3 is 0 Å². The molecule has 5 heteroatoms. The molecule has 0 saturated carbocycles. The zero-order chi connectivity index (χ0) is 15.0. The number of hydrogen-bond acceptors (Lipinski definition) is 4. The largest absolute Gasteiger partial charge is 0.490 e. The lowest BCUT2D eigenvalue weighted by Gasteiger charge is -2.13. The van der Waals surface area contributed by atoms with Gasteiger partial charge in [-0.2, -0.15) is 0 Å². The van der Waals surface area contributed by atoms with Crippen molar-refractivity contribution in [2.75, 3.05) is 25.1 Å². The molecule has 1 rings (SSSR count). The van der Waals surface area contributed by atoms with Gasteiger partial charge < -0.3 is 20.5 Å². The van der Waals surface area contributed by atoms with Crippen LogP contribution in [0.3, 0.4) is 0 Å². The molecule has 112 valence electrons. The fourth-order valence-corrected chi connectivity index (χ4v) is 1.74. The first-order chi connectivity index (χ1) is 9.60. The molecule has 3 N–H and O–H groups in total. The fraction of sp³-hybridized carbons (Fsp3) is 0.533. The minimum absolute atomic E-state index is 0.0467. The summed E-state index contributed by atoms with van der Waals surface area (Å²) in [6.45, 7) is 7.38. The molecule has 0 aromatic heterocycles. The third-order valence-corrected chi connectivity index (χ3v) is 2.76. The van der Waals surface area contributed by atoms with E-state index in [-0.39, 0.29) is 11.8 Å². The van der Waals surface area contributed by atoms with Crippen LogP contribution in [0.5, 0.6) is 11.5 Å². The first-order valence-corrected chi connectivity index (χ1v) is 7.00. The maximum atomic E-state index is 11.8. The van der Waals surface area contributed by atoms with Crippen LogP contribution < -0.4 is 20.5 Å². The molecule has 0 heterocycles. The summed E-state index contributed by atoms with van der Waals surface area (Å²) >= 11 is 0. The summed E-state index contributed by atoms with van der Waals surface area (Å²) < 4.78 is 11.0. The predicted molar refractivity (Wildman–Crippen MR) is 80.2 cm³/mol. The van der Waals surface area contributed by atoms with Gasteiger partial charge in [0.25, 0.3) is 0 Å². The van der Waals surface area contributed by atoms with Crippen molar-refractivity contribution >= 4 is 11.6 Å². The van der Waals surface area contributed by atoms with Gasteiger partial charge in [-0.15, -0.1) is 0 Å². The van der Waals surface area contributed by atoms with Gasteiger partial charge in [-0.1, -0.05) is 6.92 Å². The molecule has 1 aromatic carbocycles. The quantitative estimate of drug-likeness (QED) is 0.767. The van der Waals surface area contributed by atoms with E-state index in [2.05, 4.69) is 5.32 Å². The second kappa shape index (κ2) is 8.43. The zero-order valence-corrected chi connectivity index (χ0v) is 12.4. The number of amides is 1. The van der Waals surface area contributed by atoms with Crippen LogP contribution in [0.4, 0.5) is 5.69 Å². The molecular formula is C15H24N2O3. The molecule has 20 heavy (non-hydrogen) atoms. The lowest BCUT2D eigenvalue weighted by atomic mass is 10.1. The van der Waals surface area contributed by atoms with E-state index in [9.17, 15) is 4.79 Å². The van der Waals surface area contributed by atoms with Crippen molar-refractivity contribution in [3.63, 3.8) is 0 Å². The van der Waals surface area contributed by atoms with E-state index >= 15 is 0 Å². The van der Waals surface area contributed by atoms with Crippen LogP contribution in [0.15, 0.2) is 18.2 Å². The summed E-state index contributed by atoms with van der Waals surface area (Å²) in [6.07, 6.45) is 0.410. The normalized spacial score (nSPS) is 11.8. The zero-order valence-electron chi connectivity index (χ0n) is 12.4. The van der Waals surface area contributed by atoms with Crippen LogP contribution in [-0.2, 0) is 4.79 Å². The summed E-state index contributed by atoms with van der Waals surface area (Å²) in [5.74, 6) is 1.44. The first kappa shape index (κ1) is 16.3. The Labute approximate surface area is 120 Å². The third kappa shape index (κ3) is 5.09. The summed E-state index contributed by atoms with van der Waals surface area (Å²) in [6, 6.07) is 5.38. The van der Waals surface area contributed by atoms with Crippen molar-refractivity contribution in [2.45, 2.75) is 27.2 Å². The summed E-state index contributed by atoms with van der Waals surface area (Å²) in [5, 5.41) is 2.85. The van der Waals surface area contributed by atoms with Crippen LogP contribution in [0.25, 0.3) is 0 Å². The van der Waals surface area contributed by atoms with E-state index in [0.29, 0.717) is 43.4 Å². The van der Waals surface area contributed by atoms with Gasteiger partial charge in [0.2, 0.25) is 5.91 Å². The highest BCUT2D eigenvalue weighted by Crippen LogP contribution is 2.30. The molecule has 0 aliphatic carbocycles. The highest BCUT2D eigenvalue weighted by atomic mass is 16.5. The number of carbonyl (C=O) groups is 1. The van der Waals surface area contributed by atoms with E-state index in [1.165, 1.54) is 0 Å². The van der Waals surface area contributed by atoms with E-state index in [1.54, 1.807) is 18.2 Å². The molecule has 0 saturated heterocycles. The first-order valence-electron chi connectivity index (χ1n) is 7.00. The minimum atomic E-state index is -0.0467. The van der Waals surface area contributed by atoms with Crippen molar-refractivity contribution in [3.05, 3.63) is 18.2 Å². The molecule has 0 fully saturated rings. The lowest BCUT2D eigenvalue weighted by molar-refractivity contribution is -0.116. The Morgan fingerprint density at radius 1 is 1.25 bits per heavy atom. The van der Waals surface area contributed by atoms with E-state index in [0.717, 1.165) is 0 Å². The Morgan fingerprint density at radius 2 is 1.90 bits per heavy atom. The van der Waals surface area contributed by atoms with Crippen molar-refractivity contribution in [1.82, 2.24) is 0 Å². The van der Waals surface area contributed by atoms with Crippen LogP contribution in [0, 0.1) is 5.92 Å². The van der Waals surface area contributed by atoms with Gasteiger partial charge in [-0.05, 0) is 38.4 Å². The Morgan fingerprint density at radius 3 is 2.50 bits per heavy atom. The monoisotopic (exact) mass is 280 g/mol. The van der Waals surface area contributed by atoms with Gasteiger partial charge in [0, 0.05) is 18.2 Å². The molecule has 1 aromatic rings. The molecule has 0 aliphatic heterocycles. The number of ether oxygens (including phenoxy) is 2. The molecule has 1 unspecified atom stereocenters. The SMILES string of the molecule is CCOc1ccc(NC(=O)CC(C)CN)cc1OCC. The van der Waals surface area contributed by atoms with Crippen LogP contribution >= 0.6 is 0 Å². The van der Waals surface area contributed by atoms with Gasteiger partial charge in [0.05, 0.1) is 13.2 Å². The maximum Gasteiger partial charge on any atom is 0.224 e. The molecule has 0 radical (unpaired) electrons. The molecule has 0 bridgehead atoms. The Kier molecular flexibility index (Phi) is 6.87. The standard InChI is InChI=1S/C15H24N2O3/c1-4-19-13-7-6-12(9-14(13)20-5-2)17-15(18)8-11(3)10-16/h6-7,9,11H,4-5,8,10,16H2,1-3H3,(H,17,18). The number of benzene rings is 1. The minimum Gasteiger partial charge on any atom is -0.490 e.